The zero-order valence-electron chi connectivity index (χ0n) is 14.3. The molecule has 0 bridgehead atoms. The molecule has 7 nitrogen and oxygen atoms in total. The number of rotatable bonds is 6. The van der Waals surface area contributed by atoms with Crippen molar-refractivity contribution in [1.82, 2.24) is 25.2 Å². The van der Waals surface area contributed by atoms with Crippen LogP contribution in [0.25, 0.3) is 11.4 Å². The fraction of sp³-hybridized carbons (Fsp3) is 0.444. The lowest BCUT2D eigenvalue weighted by Crippen LogP contribution is -2.25. The van der Waals surface area contributed by atoms with Gasteiger partial charge < -0.3 is 8.94 Å². The van der Waals surface area contributed by atoms with Crippen molar-refractivity contribution in [2.24, 2.45) is 0 Å². The van der Waals surface area contributed by atoms with E-state index in [1.807, 2.05) is 37.3 Å². The number of aromatic nitrogens is 4. The van der Waals surface area contributed by atoms with Gasteiger partial charge in [0.05, 0.1) is 6.04 Å². The van der Waals surface area contributed by atoms with Crippen LogP contribution in [0.2, 0.25) is 0 Å². The summed E-state index contributed by atoms with van der Waals surface area (Å²) in [6.45, 7) is 3.84. The van der Waals surface area contributed by atoms with Crippen LogP contribution in [0.15, 0.2) is 39.3 Å². The fourth-order valence-corrected chi connectivity index (χ4v) is 3.31. The number of benzene rings is 1. The first-order valence-electron chi connectivity index (χ1n) is 8.71. The number of nitrogens with zero attached hydrogens (tertiary/aromatic N) is 5. The molecule has 0 radical (unpaired) electrons. The van der Waals surface area contributed by atoms with E-state index in [1.54, 1.807) is 0 Å². The molecule has 1 fully saturated rings. The quantitative estimate of drug-likeness (QED) is 0.682. The third-order valence-electron chi connectivity index (χ3n) is 4.53. The maximum atomic E-state index is 5.61. The summed E-state index contributed by atoms with van der Waals surface area (Å²) in [5, 5.41) is 12.2. The second kappa shape index (κ2) is 7.14. The summed E-state index contributed by atoms with van der Waals surface area (Å²) in [6.07, 6.45) is 3.96. The maximum absolute atomic E-state index is 5.61. The van der Waals surface area contributed by atoms with E-state index in [1.165, 1.54) is 0 Å². The summed E-state index contributed by atoms with van der Waals surface area (Å²) in [5.41, 5.74) is 0.976. The summed E-state index contributed by atoms with van der Waals surface area (Å²) in [6, 6.07) is 10.1. The van der Waals surface area contributed by atoms with Crippen LogP contribution in [0.3, 0.4) is 0 Å². The van der Waals surface area contributed by atoms with Crippen molar-refractivity contribution in [3.8, 4) is 11.4 Å². The molecule has 1 atom stereocenters. The Morgan fingerprint density at radius 3 is 2.88 bits per heavy atom. The standard InChI is InChI=1S/C18H21N5O2/c1-13-20-21-18(24-13)15-9-5-11-23(15)12-6-10-16-19-17(22-25-16)14-7-3-2-4-8-14/h2-4,7-8,15H,5-6,9-12H2,1H3/t15-/m1/s1. The van der Waals surface area contributed by atoms with E-state index < -0.39 is 0 Å². The molecule has 0 saturated carbocycles. The first kappa shape index (κ1) is 16.0. The minimum Gasteiger partial charge on any atom is -0.424 e. The van der Waals surface area contributed by atoms with Gasteiger partial charge in [-0.15, -0.1) is 10.2 Å². The molecule has 130 valence electrons. The van der Waals surface area contributed by atoms with Gasteiger partial charge in [-0.2, -0.15) is 4.98 Å². The number of aryl methyl sites for hydroxylation is 2. The SMILES string of the molecule is Cc1nnc([C@H]2CCCN2CCCc2nc(-c3ccccc3)no2)o1. The van der Waals surface area contributed by atoms with Crippen LogP contribution in [0.1, 0.15) is 43.0 Å². The molecule has 1 aliphatic heterocycles. The van der Waals surface area contributed by atoms with Crippen LogP contribution < -0.4 is 0 Å². The smallest absolute Gasteiger partial charge is 0.233 e. The fourth-order valence-electron chi connectivity index (χ4n) is 3.31. The first-order chi connectivity index (χ1) is 12.3. The largest absolute Gasteiger partial charge is 0.424 e. The van der Waals surface area contributed by atoms with Crippen LogP contribution in [-0.4, -0.2) is 38.3 Å². The first-order valence-corrected chi connectivity index (χ1v) is 8.71. The van der Waals surface area contributed by atoms with Crippen molar-refractivity contribution >= 4 is 0 Å². The van der Waals surface area contributed by atoms with E-state index in [0.29, 0.717) is 17.6 Å². The molecule has 4 rings (SSSR count). The van der Waals surface area contributed by atoms with Crippen LogP contribution in [0, 0.1) is 6.92 Å². The highest BCUT2D eigenvalue weighted by atomic mass is 16.5. The van der Waals surface area contributed by atoms with Gasteiger partial charge in [0.25, 0.3) is 0 Å². The molecule has 0 unspecified atom stereocenters. The molecule has 1 aliphatic rings. The summed E-state index contributed by atoms with van der Waals surface area (Å²) >= 11 is 0. The maximum Gasteiger partial charge on any atom is 0.233 e. The predicted molar refractivity (Wildman–Crippen MR) is 90.6 cm³/mol. The lowest BCUT2D eigenvalue weighted by molar-refractivity contribution is 0.216. The Hall–Kier alpha value is -2.54. The van der Waals surface area contributed by atoms with Gasteiger partial charge in [-0.1, -0.05) is 35.5 Å². The topological polar surface area (TPSA) is 81.1 Å². The van der Waals surface area contributed by atoms with Crippen LogP contribution in [0.5, 0.6) is 0 Å². The summed E-state index contributed by atoms with van der Waals surface area (Å²) in [4.78, 5) is 6.89. The molecule has 0 amide bonds. The minimum absolute atomic E-state index is 0.240. The molecule has 3 heterocycles. The van der Waals surface area contributed by atoms with Gasteiger partial charge in [0.1, 0.15) is 0 Å². The summed E-state index contributed by atoms with van der Waals surface area (Å²) < 4.78 is 11.0. The van der Waals surface area contributed by atoms with E-state index in [0.717, 1.165) is 50.2 Å². The molecule has 0 spiro atoms. The monoisotopic (exact) mass is 339 g/mol. The van der Waals surface area contributed by atoms with E-state index in [4.69, 9.17) is 8.94 Å². The van der Waals surface area contributed by atoms with Gasteiger partial charge in [-0.25, -0.2) is 0 Å². The Morgan fingerprint density at radius 2 is 2.08 bits per heavy atom. The zero-order chi connectivity index (χ0) is 17.1. The second-order valence-corrected chi connectivity index (χ2v) is 6.33. The Morgan fingerprint density at radius 1 is 1.20 bits per heavy atom. The van der Waals surface area contributed by atoms with Crippen LogP contribution in [-0.2, 0) is 6.42 Å². The predicted octanol–water partition coefficient (Wildman–Crippen LogP) is 3.20. The number of hydrogen-bond donors (Lipinski definition) is 0. The normalized spacial score (nSPS) is 18.0. The molecule has 25 heavy (non-hydrogen) atoms. The zero-order valence-corrected chi connectivity index (χ0v) is 14.3. The van der Waals surface area contributed by atoms with Crippen LogP contribution in [0.4, 0.5) is 0 Å². The van der Waals surface area contributed by atoms with E-state index in [9.17, 15) is 0 Å². The van der Waals surface area contributed by atoms with Crippen molar-refractivity contribution in [2.45, 2.75) is 38.6 Å². The third-order valence-corrected chi connectivity index (χ3v) is 4.53. The van der Waals surface area contributed by atoms with Gasteiger partial charge in [-0.05, 0) is 32.4 Å². The summed E-state index contributed by atoms with van der Waals surface area (Å²) in [7, 11) is 0. The molecule has 7 heteroatoms. The molecular formula is C18H21N5O2. The van der Waals surface area contributed by atoms with Gasteiger partial charge in [0, 0.05) is 18.9 Å². The van der Waals surface area contributed by atoms with Crippen molar-refractivity contribution in [1.29, 1.82) is 0 Å². The van der Waals surface area contributed by atoms with Gasteiger partial charge in [0.15, 0.2) is 0 Å². The van der Waals surface area contributed by atoms with E-state index >= 15 is 0 Å². The van der Waals surface area contributed by atoms with Crippen molar-refractivity contribution in [2.75, 3.05) is 13.1 Å². The molecule has 0 aliphatic carbocycles. The highest BCUT2D eigenvalue weighted by Gasteiger charge is 2.29. The molecule has 0 N–H and O–H groups in total. The minimum atomic E-state index is 0.240. The lowest BCUT2D eigenvalue weighted by Gasteiger charge is -2.20. The summed E-state index contributed by atoms with van der Waals surface area (Å²) in [5.74, 6) is 2.69. The Labute approximate surface area is 146 Å². The second-order valence-electron chi connectivity index (χ2n) is 6.33. The van der Waals surface area contributed by atoms with Crippen molar-refractivity contribution in [3.63, 3.8) is 0 Å². The third kappa shape index (κ3) is 3.61. The molecule has 1 aromatic carbocycles. The number of hydrogen-bond acceptors (Lipinski definition) is 7. The van der Waals surface area contributed by atoms with Crippen LogP contribution >= 0.6 is 0 Å². The van der Waals surface area contributed by atoms with Crippen molar-refractivity contribution in [3.05, 3.63) is 48.0 Å². The Kier molecular flexibility index (Phi) is 4.56. The van der Waals surface area contributed by atoms with Gasteiger partial charge in [0.2, 0.25) is 23.5 Å². The molecule has 2 aromatic heterocycles. The highest BCUT2D eigenvalue weighted by molar-refractivity contribution is 5.53. The average Bonchev–Trinajstić information content (AvgIpc) is 3.36. The molecule has 3 aromatic rings. The Balaban J connectivity index is 1.32. The lowest BCUT2D eigenvalue weighted by atomic mass is 10.2. The highest BCUT2D eigenvalue weighted by Crippen LogP contribution is 2.31. The number of likely N-dealkylation sites (tertiary alicyclic amines) is 1. The Bertz CT molecular complexity index is 814. The molecular weight excluding hydrogens is 318 g/mol. The van der Waals surface area contributed by atoms with Crippen molar-refractivity contribution < 1.29 is 8.94 Å². The average molecular weight is 339 g/mol. The van der Waals surface area contributed by atoms with Gasteiger partial charge in [-0.3, -0.25) is 4.90 Å². The van der Waals surface area contributed by atoms with Gasteiger partial charge >= 0.3 is 0 Å². The molecule has 1 saturated heterocycles. The van der Waals surface area contributed by atoms with E-state index in [2.05, 4.69) is 25.2 Å². The van der Waals surface area contributed by atoms with E-state index in [-0.39, 0.29) is 6.04 Å².